The summed E-state index contributed by atoms with van der Waals surface area (Å²) in [4.78, 5) is 15.0. The van der Waals surface area contributed by atoms with Crippen molar-refractivity contribution in [1.82, 2.24) is 4.98 Å². The van der Waals surface area contributed by atoms with Crippen LogP contribution in [0.2, 0.25) is 5.02 Å². The number of hydrogen-bond acceptors (Lipinski definition) is 4. The van der Waals surface area contributed by atoms with E-state index in [1.165, 1.54) is 12.3 Å². The second-order valence-corrected chi connectivity index (χ2v) is 5.09. The lowest BCUT2D eigenvalue weighted by atomic mass is 10.2. The first-order chi connectivity index (χ1) is 9.51. The molecule has 0 amide bonds. The lowest BCUT2D eigenvalue weighted by Gasteiger charge is -2.09. The molecule has 0 radical (unpaired) electrons. The molecule has 20 heavy (non-hydrogen) atoms. The molecule has 7 heteroatoms. The van der Waals surface area contributed by atoms with Crippen LogP contribution in [0.5, 0.6) is 5.75 Å². The zero-order valence-corrected chi connectivity index (χ0v) is 12.7. The van der Waals surface area contributed by atoms with Gasteiger partial charge in [0.15, 0.2) is 0 Å². The number of nitrogens with zero attached hydrogens (tertiary/aromatic N) is 1. The van der Waals surface area contributed by atoms with E-state index in [9.17, 15) is 4.79 Å². The number of methoxy groups -OCH3 is 1. The van der Waals surface area contributed by atoms with Gasteiger partial charge in [-0.3, -0.25) is 0 Å². The standard InChI is InChI=1S/C13H10BrClN2O3/c1-20-11-4-7(2-3-9(11)14)17-12-5-8(13(18)19)10(15)6-16-12/h2-6H,1H3,(H,16,17)(H,18,19). The van der Waals surface area contributed by atoms with E-state index in [1.807, 2.05) is 12.1 Å². The van der Waals surface area contributed by atoms with E-state index in [2.05, 4.69) is 26.2 Å². The summed E-state index contributed by atoms with van der Waals surface area (Å²) in [7, 11) is 1.56. The fourth-order valence-corrected chi connectivity index (χ4v) is 2.15. The fourth-order valence-electron chi connectivity index (χ4n) is 1.56. The molecule has 0 aliphatic carbocycles. The maximum Gasteiger partial charge on any atom is 0.337 e. The highest BCUT2D eigenvalue weighted by atomic mass is 79.9. The summed E-state index contributed by atoms with van der Waals surface area (Å²) in [5.74, 6) is -0.0626. The topological polar surface area (TPSA) is 71.5 Å². The van der Waals surface area contributed by atoms with Crippen molar-refractivity contribution in [1.29, 1.82) is 0 Å². The van der Waals surface area contributed by atoms with Crippen LogP contribution in [0.3, 0.4) is 0 Å². The highest BCUT2D eigenvalue weighted by Gasteiger charge is 2.11. The first-order valence-corrected chi connectivity index (χ1v) is 6.67. The van der Waals surface area contributed by atoms with Gasteiger partial charge in [0, 0.05) is 18.0 Å². The van der Waals surface area contributed by atoms with E-state index >= 15 is 0 Å². The van der Waals surface area contributed by atoms with Gasteiger partial charge in [0.05, 0.1) is 22.2 Å². The van der Waals surface area contributed by atoms with Gasteiger partial charge in [-0.25, -0.2) is 9.78 Å². The van der Waals surface area contributed by atoms with Gasteiger partial charge in [-0.05, 0) is 34.1 Å². The number of benzene rings is 1. The van der Waals surface area contributed by atoms with Gasteiger partial charge in [0.25, 0.3) is 0 Å². The van der Waals surface area contributed by atoms with Crippen molar-refractivity contribution >= 4 is 45.0 Å². The number of carboxylic acid groups (broad SMARTS) is 1. The lowest BCUT2D eigenvalue weighted by molar-refractivity contribution is 0.0697. The molecule has 0 spiro atoms. The molecule has 5 nitrogen and oxygen atoms in total. The van der Waals surface area contributed by atoms with Gasteiger partial charge in [-0.1, -0.05) is 11.6 Å². The summed E-state index contributed by atoms with van der Waals surface area (Å²) in [6.45, 7) is 0. The van der Waals surface area contributed by atoms with Gasteiger partial charge in [0.1, 0.15) is 11.6 Å². The molecule has 0 saturated carbocycles. The van der Waals surface area contributed by atoms with E-state index in [0.717, 1.165) is 10.2 Å². The van der Waals surface area contributed by atoms with Crippen LogP contribution in [0.15, 0.2) is 34.9 Å². The smallest absolute Gasteiger partial charge is 0.337 e. The molecule has 0 unspecified atom stereocenters. The Morgan fingerprint density at radius 3 is 2.85 bits per heavy atom. The summed E-state index contributed by atoms with van der Waals surface area (Å²) < 4.78 is 6.00. The average molecular weight is 358 g/mol. The van der Waals surface area contributed by atoms with Crippen LogP contribution in [0.1, 0.15) is 10.4 Å². The number of halogens is 2. The van der Waals surface area contributed by atoms with Gasteiger partial charge < -0.3 is 15.2 Å². The number of nitrogens with one attached hydrogen (secondary N) is 1. The lowest BCUT2D eigenvalue weighted by Crippen LogP contribution is -2.01. The molecule has 1 heterocycles. The Hall–Kier alpha value is -1.79. The molecule has 2 aromatic rings. The number of aromatic carboxylic acids is 1. The molecule has 0 atom stereocenters. The molecule has 0 aliphatic rings. The molecule has 104 valence electrons. The van der Waals surface area contributed by atoms with Crippen LogP contribution >= 0.6 is 27.5 Å². The normalized spacial score (nSPS) is 10.2. The van der Waals surface area contributed by atoms with E-state index in [4.69, 9.17) is 21.4 Å². The number of ether oxygens (including phenoxy) is 1. The molecule has 1 aromatic carbocycles. The molecule has 0 aliphatic heterocycles. The number of aromatic nitrogens is 1. The summed E-state index contributed by atoms with van der Waals surface area (Å²) in [6, 6.07) is 6.76. The minimum absolute atomic E-state index is 0.00626. The third kappa shape index (κ3) is 3.20. The first-order valence-electron chi connectivity index (χ1n) is 5.50. The highest BCUT2D eigenvalue weighted by molar-refractivity contribution is 9.10. The van der Waals surface area contributed by atoms with E-state index in [1.54, 1.807) is 13.2 Å². The molecule has 1 aromatic heterocycles. The minimum Gasteiger partial charge on any atom is -0.495 e. The van der Waals surface area contributed by atoms with Crippen LogP contribution in [0.4, 0.5) is 11.5 Å². The van der Waals surface area contributed by atoms with Crippen LogP contribution in [-0.2, 0) is 0 Å². The minimum atomic E-state index is -1.10. The van der Waals surface area contributed by atoms with Crippen molar-refractivity contribution in [3.8, 4) is 5.75 Å². The third-order valence-electron chi connectivity index (χ3n) is 2.51. The Balaban J connectivity index is 2.30. The van der Waals surface area contributed by atoms with Gasteiger partial charge >= 0.3 is 5.97 Å². The van der Waals surface area contributed by atoms with Crippen molar-refractivity contribution < 1.29 is 14.6 Å². The Morgan fingerprint density at radius 2 is 2.20 bits per heavy atom. The zero-order chi connectivity index (χ0) is 14.7. The van der Waals surface area contributed by atoms with Gasteiger partial charge in [0.2, 0.25) is 0 Å². The molecule has 0 fully saturated rings. The molecular formula is C13H10BrClN2O3. The SMILES string of the molecule is COc1cc(Nc2cc(C(=O)O)c(Cl)cn2)ccc1Br. The van der Waals surface area contributed by atoms with Crippen molar-refractivity contribution in [2.75, 3.05) is 12.4 Å². The van der Waals surface area contributed by atoms with Crippen molar-refractivity contribution in [3.63, 3.8) is 0 Å². The third-order valence-corrected chi connectivity index (χ3v) is 3.47. The summed E-state index contributed by atoms with van der Waals surface area (Å²) in [5, 5.41) is 12.1. The first kappa shape index (κ1) is 14.6. The van der Waals surface area contributed by atoms with Crippen molar-refractivity contribution in [2.24, 2.45) is 0 Å². The van der Waals surface area contributed by atoms with E-state index in [0.29, 0.717) is 11.6 Å². The molecule has 0 bridgehead atoms. The van der Waals surface area contributed by atoms with Crippen LogP contribution in [0, 0.1) is 0 Å². The summed E-state index contributed by atoms with van der Waals surface area (Å²) >= 11 is 9.12. The second-order valence-electron chi connectivity index (χ2n) is 3.83. The number of carboxylic acids is 1. The van der Waals surface area contributed by atoms with E-state index < -0.39 is 5.97 Å². The maximum absolute atomic E-state index is 11.0. The Kier molecular flexibility index (Phi) is 4.46. The predicted molar refractivity (Wildman–Crippen MR) is 80.2 cm³/mol. The van der Waals surface area contributed by atoms with Crippen LogP contribution in [-0.4, -0.2) is 23.2 Å². The zero-order valence-electron chi connectivity index (χ0n) is 10.4. The van der Waals surface area contributed by atoms with E-state index in [-0.39, 0.29) is 10.6 Å². The van der Waals surface area contributed by atoms with Crippen LogP contribution < -0.4 is 10.1 Å². The van der Waals surface area contributed by atoms with Gasteiger partial charge in [-0.15, -0.1) is 0 Å². The quantitative estimate of drug-likeness (QED) is 0.867. The number of anilines is 2. The number of pyridine rings is 1. The summed E-state index contributed by atoms with van der Waals surface area (Å²) in [5.41, 5.74) is 0.712. The fraction of sp³-hybridized carbons (Fsp3) is 0.0769. The number of hydrogen-bond donors (Lipinski definition) is 2. The van der Waals surface area contributed by atoms with Gasteiger partial charge in [-0.2, -0.15) is 0 Å². The Labute approximate surface area is 128 Å². The molecule has 0 saturated heterocycles. The average Bonchev–Trinajstić information content (AvgIpc) is 2.42. The Morgan fingerprint density at radius 1 is 1.45 bits per heavy atom. The Bertz CT molecular complexity index is 664. The summed E-state index contributed by atoms with van der Waals surface area (Å²) in [6.07, 6.45) is 1.30. The number of rotatable bonds is 4. The largest absolute Gasteiger partial charge is 0.495 e. The predicted octanol–water partition coefficient (Wildman–Crippen LogP) is 3.95. The molecule has 2 rings (SSSR count). The molecule has 2 N–H and O–H groups in total. The second kappa shape index (κ2) is 6.11. The monoisotopic (exact) mass is 356 g/mol. The van der Waals surface area contributed by atoms with Crippen molar-refractivity contribution in [3.05, 3.63) is 45.5 Å². The highest BCUT2D eigenvalue weighted by Crippen LogP contribution is 2.29. The maximum atomic E-state index is 11.0. The van der Waals surface area contributed by atoms with Crippen molar-refractivity contribution in [2.45, 2.75) is 0 Å². The van der Waals surface area contributed by atoms with Crippen LogP contribution in [0.25, 0.3) is 0 Å². The number of carbonyl (C=O) groups is 1. The molecular weight excluding hydrogens is 348 g/mol.